The van der Waals surface area contributed by atoms with Crippen molar-refractivity contribution < 1.29 is 14.3 Å². The maximum absolute atomic E-state index is 12.3. The van der Waals surface area contributed by atoms with Crippen LogP contribution in [0.2, 0.25) is 0 Å². The van der Waals surface area contributed by atoms with Gasteiger partial charge in [0.1, 0.15) is 0 Å². The van der Waals surface area contributed by atoms with Gasteiger partial charge in [-0.1, -0.05) is 6.92 Å². The number of carbonyl (C=O) groups excluding carboxylic acids is 2. The van der Waals surface area contributed by atoms with Crippen LogP contribution in [-0.4, -0.2) is 63.2 Å². The first-order valence-electron chi connectivity index (χ1n) is 7.30. The third kappa shape index (κ3) is 5.46. The van der Waals surface area contributed by atoms with Crippen molar-refractivity contribution >= 4 is 11.8 Å². The van der Waals surface area contributed by atoms with E-state index in [4.69, 9.17) is 4.74 Å². The summed E-state index contributed by atoms with van der Waals surface area (Å²) in [5, 5.41) is 6.03. The molecule has 0 aromatic heterocycles. The molecular formula is C14H27N3O3. The zero-order chi connectivity index (χ0) is 15.0. The molecule has 1 heterocycles. The van der Waals surface area contributed by atoms with Gasteiger partial charge >= 0.3 is 0 Å². The van der Waals surface area contributed by atoms with E-state index in [1.807, 2.05) is 0 Å². The van der Waals surface area contributed by atoms with E-state index in [2.05, 4.69) is 17.6 Å². The van der Waals surface area contributed by atoms with E-state index in [0.717, 1.165) is 25.8 Å². The Morgan fingerprint density at radius 1 is 1.45 bits per heavy atom. The van der Waals surface area contributed by atoms with Crippen molar-refractivity contribution in [1.82, 2.24) is 15.5 Å². The van der Waals surface area contributed by atoms with Gasteiger partial charge in [-0.05, 0) is 31.7 Å². The third-order valence-electron chi connectivity index (χ3n) is 3.64. The predicted octanol–water partition coefficient (Wildman–Crippen LogP) is -0.0144. The second-order valence-corrected chi connectivity index (χ2v) is 5.44. The minimum absolute atomic E-state index is 0.00393. The molecule has 1 rings (SSSR count). The maximum atomic E-state index is 12.3. The molecular weight excluding hydrogens is 258 g/mol. The summed E-state index contributed by atoms with van der Waals surface area (Å²) in [6.45, 7) is 4.26. The van der Waals surface area contributed by atoms with E-state index < -0.39 is 0 Å². The van der Waals surface area contributed by atoms with Crippen LogP contribution < -0.4 is 10.6 Å². The van der Waals surface area contributed by atoms with Gasteiger partial charge in [0.05, 0.1) is 12.6 Å². The number of rotatable bonds is 7. The number of nitrogens with zero attached hydrogens (tertiary/aromatic N) is 1. The number of ether oxygens (including phenoxy) is 1. The van der Waals surface area contributed by atoms with Crippen LogP contribution in [0.15, 0.2) is 0 Å². The Morgan fingerprint density at radius 2 is 2.20 bits per heavy atom. The zero-order valence-corrected chi connectivity index (χ0v) is 12.8. The Labute approximate surface area is 121 Å². The van der Waals surface area contributed by atoms with Gasteiger partial charge in [-0.25, -0.2) is 0 Å². The van der Waals surface area contributed by atoms with Gasteiger partial charge in [-0.3, -0.25) is 9.59 Å². The SMILES string of the molecule is COCCCNC(=O)CN(C)C(=O)C1NCCCC1C. The molecule has 0 aromatic carbocycles. The zero-order valence-electron chi connectivity index (χ0n) is 12.8. The molecule has 0 radical (unpaired) electrons. The van der Waals surface area contributed by atoms with Crippen LogP contribution in [-0.2, 0) is 14.3 Å². The van der Waals surface area contributed by atoms with Crippen molar-refractivity contribution in [2.45, 2.75) is 32.2 Å². The smallest absolute Gasteiger partial charge is 0.240 e. The minimum Gasteiger partial charge on any atom is -0.385 e. The lowest BCUT2D eigenvalue weighted by atomic mass is 9.92. The van der Waals surface area contributed by atoms with Crippen LogP contribution in [0.4, 0.5) is 0 Å². The van der Waals surface area contributed by atoms with Crippen molar-refractivity contribution in [2.24, 2.45) is 5.92 Å². The van der Waals surface area contributed by atoms with Crippen molar-refractivity contribution in [1.29, 1.82) is 0 Å². The fraction of sp³-hybridized carbons (Fsp3) is 0.857. The first-order valence-corrected chi connectivity index (χ1v) is 7.30. The van der Waals surface area contributed by atoms with E-state index in [-0.39, 0.29) is 24.4 Å². The largest absolute Gasteiger partial charge is 0.385 e. The Kier molecular flexibility index (Phi) is 7.54. The topological polar surface area (TPSA) is 70.7 Å². The standard InChI is InChI=1S/C14H27N3O3/c1-11-6-4-7-16-13(11)14(19)17(2)10-12(18)15-8-5-9-20-3/h11,13,16H,4-10H2,1-3H3,(H,15,18). The molecule has 1 saturated heterocycles. The van der Waals surface area contributed by atoms with Gasteiger partial charge in [0.2, 0.25) is 11.8 Å². The number of likely N-dealkylation sites (N-methyl/N-ethyl adjacent to an activating group) is 1. The maximum Gasteiger partial charge on any atom is 0.240 e. The number of carbonyl (C=O) groups is 2. The Hall–Kier alpha value is -1.14. The van der Waals surface area contributed by atoms with Crippen LogP contribution in [0.25, 0.3) is 0 Å². The molecule has 0 bridgehead atoms. The molecule has 116 valence electrons. The van der Waals surface area contributed by atoms with Gasteiger partial charge in [0.25, 0.3) is 0 Å². The molecule has 2 amide bonds. The van der Waals surface area contributed by atoms with Crippen LogP contribution >= 0.6 is 0 Å². The van der Waals surface area contributed by atoms with Crippen LogP contribution in [0.3, 0.4) is 0 Å². The minimum atomic E-state index is -0.157. The second kappa shape index (κ2) is 8.92. The number of amides is 2. The van der Waals surface area contributed by atoms with Crippen molar-refractivity contribution in [2.75, 3.05) is 40.4 Å². The summed E-state index contributed by atoms with van der Waals surface area (Å²) in [6.07, 6.45) is 2.94. The van der Waals surface area contributed by atoms with E-state index in [0.29, 0.717) is 19.1 Å². The Morgan fingerprint density at radius 3 is 2.85 bits per heavy atom. The van der Waals surface area contributed by atoms with Crippen LogP contribution in [0.1, 0.15) is 26.2 Å². The number of methoxy groups -OCH3 is 1. The average Bonchev–Trinajstić information content (AvgIpc) is 2.43. The average molecular weight is 285 g/mol. The fourth-order valence-electron chi connectivity index (χ4n) is 2.41. The summed E-state index contributed by atoms with van der Waals surface area (Å²) in [7, 11) is 3.31. The van der Waals surface area contributed by atoms with Gasteiger partial charge in [-0.15, -0.1) is 0 Å². The quantitative estimate of drug-likeness (QED) is 0.645. The Bertz CT molecular complexity index is 323. The lowest BCUT2D eigenvalue weighted by molar-refractivity contribution is -0.137. The van der Waals surface area contributed by atoms with Gasteiger partial charge < -0.3 is 20.3 Å². The molecule has 0 aromatic rings. The van der Waals surface area contributed by atoms with E-state index in [9.17, 15) is 9.59 Å². The number of piperidine rings is 1. The summed E-state index contributed by atoms with van der Waals surface area (Å²) < 4.78 is 4.91. The number of hydrogen-bond donors (Lipinski definition) is 2. The molecule has 2 atom stereocenters. The highest BCUT2D eigenvalue weighted by Gasteiger charge is 2.30. The molecule has 2 unspecified atom stereocenters. The summed E-state index contributed by atoms with van der Waals surface area (Å²) in [5.41, 5.74) is 0. The van der Waals surface area contributed by atoms with E-state index >= 15 is 0 Å². The first-order chi connectivity index (χ1) is 9.56. The third-order valence-corrected chi connectivity index (χ3v) is 3.64. The lowest BCUT2D eigenvalue weighted by Gasteiger charge is -2.32. The summed E-state index contributed by atoms with van der Waals surface area (Å²) in [5.74, 6) is 0.202. The van der Waals surface area contributed by atoms with E-state index in [1.54, 1.807) is 14.2 Å². The molecule has 0 spiro atoms. The van der Waals surface area contributed by atoms with Crippen molar-refractivity contribution in [3.8, 4) is 0 Å². The van der Waals surface area contributed by atoms with Gasteiger partial charge in [0, 0.05) is 27.3 Å². The number of nitrogens with one attached hydrogen (secondary N) is 2. The summed E-state index contributed by atoms with van der Waals surface area (Å²) >= 11 is 0. The molecule has 6 heteroatoms. The van der Waals surface area contributed by atoms with Crippen molar-refractivity contribution in [3.63, 3.8) is 0 Å². The van der Waals surface area contributed by atoms with Gasteiger partial charge in [0.15, 0.2) is 0 Å². The van der Waals surface area contributed by atoms with Gasteiger partial charge in [-0.2, -0.15) is 0 Å². The van der Waals surface area contributed by atoms with Crippen LogP contribution in [0.5, 0.6) is 0 Å². The fourth-order valence-corrected chi connectivity index (χ4v) is 2.41. The molecule has 1 aliphatic heterocycles. The highest BCUT2D eigenvalue weighted by atomic mass is 16.5. The molecule has 1 aliphatic rings. The molecule has 6 nitrogen and oxygen atoms in total. The summed E-state index contributed by atoms with van der Waals surface area (Å²) in [6, 6.07) is -0.157. The molecule has 0 aliphatic carbocycles. The Balaban J connectivity index is 2.31. The van der Waals surface area contributed by atoms with Crippen LogP contribution in [0, 0.1) is 5.92 Å². The lowest BCUT2D eigenvalue weighted by Crippen LogP contribution is -2.53. The number of hydrogen-bond acceptors (Lipinski definition) is 4. The highest BCUT2D eigenvalue weighted by molar-refractivity contribution is 5.87. The predicted molar refractivity (Wildman–Crippen MR) is 77.3 cm³/mol. The summed E-state index contributed by atoms with van der Waals surface area (Å²) in [4.78, 5) is 25.5. The molecule has 2 N–H and O–H groups in total. The monoisotopic (exact) mass is 285 g/mol. The van der Waals surface area contributed by atoms with Crippen molar-refractivity contribution in [3.05, 3.63) is 0 Å². The molecule has 20 heavy (non-hydrogen) atoms. The normalized spacial score (nSPS) is 22.4. The molecule has 1 fully saturated rings. The second-order valence-electron chi connectivity index (χ2n) is 5.44. The highest BCUT2D eigenvalue weighted by Crippen LogP contribution is 2.16. The van der Waals surface area contributed by atoms with E-state index in [1.165, 1.54) is 4.90 Å². The molecule has 0 saturated carbocycles. The first kappa shape index (κ1) is 16.9.